The molecule has 0 saturated heterocycles. The molecular weight excluding hydrogens is 424 g/mol. The van der Waals surface area contributed by atoms with Crippen LogP contribution in [0.3, 0.4) is 0 Å². The maximum atomic E-state index is 12.6. The van der Waals surface area contributed by atoms with E-state index in [-0.39, 0.29) is 16.2 Å². The van der Waals surface area contributed by atoms with E-state index in [0.29, 0.717) is 27.9 Å². The highest BCUT2D eigenvalue weighted by molar-refractivity contribution is 7.91. The minimum atomic E-state index is -3.39. The molecule has 7 nitrogen and oxygen atoms in total. The van der Waals surface area contributed by atoms with E-state index in [9.17, 15) is 13.2 Å². The van der Waals surface area contributed by atoms with Gasteiger partial charge in [-0.1, -0.05) is 25.1 Å². The summed E-state index contributed by atoms with van der Waals surface area (Å²) < 4.78 is 35.3. The van der Waals surface area contributed by atoms with E-state index in [0.717, 1.165) is 5.39 Å². The van der Waals surface area contributed by atoms with Gasteiger partial charge in [0.2, 0.25) is 0 Å². The average Bonchev–Trinajstić information content (AvgIpc) is 3.40. The smallest absolute Gasteiger partial charge is 0.257 e. The molecule has 0 aliphatic heterocycles. The Morgan fingerprint density at radius 1 is 1.20 bits per heavy atom. The number of hydrogen-bond donors (Lipinski definition) is 1. The second-order valence-electron chi connectivity index (χ2n) is 6.41. The molecule has 0 bridgehead atoms. The number of fused-ring (bicyclic) bond motifs is 1. The summed E-state index contributed by atoms with van der Waals surface area (Å²) in [7, 11) is -1.82. The lowest BCUT2D eigenvalue weighted by molar-refractivity contribution is 0.102. The zero-order valence-electron chi connectivity index (χ0n) is 16.2. The maximum absolute atomic E-state index is 12.6. The number of furan rings is 1. The third-order valence-corrected chi connectivity index (χ3v) is 7.03. The Morgan fingerprint density at radius 3 is 2.77 bits per heavy atom. The number of ether oxygens (including phenoxy) is 1. The predicted octanol–water partition coefficient (Wildman–Crippen LogP) is 4.61. The predicted molar refractivity (Wildman–Crippen MR) is 116 cm³/mol. The number of amides is 1. The fourth-order valence-electron chi connectivity index (χ4n) is 2.93. The molecule has 0 aliphatic rings. The number of rotatable bonds is 6. The fraction of sp³-hybridized carbons (Fsp3) is 0.143. The zero-order valence-corrected chi connectivity index (χ0v) is 17.8. The van der Waals surface area contributed by atoms with Crippen LogP contribution in [0, 0.1) is 0 Å². The van der Waals surface area contributed by atoms with Gasteiger partial charge < -0.3 is 9.15 Å². The summed E-state index contributed by atoms with van der Waals surface area (Å²) in [6, 6.07) is 13.4. The third-order valence-electron chi connectivity index (χ3n) is 4.54. The van der Waals surface area contributed by atoms with E-state index in [1.165, 1.54) is 23.5 Å². The highest BCUT2D eigenvalue weighted by atomic mass is 32.2. The molecule has 0 saturated carbocycles. The van der Waals surface area contributed by atoms with Crippen LogP contribution in [0.2, 0.25) is 0 Å². The van der Waals surface area contributed by atoms with Crippen LogP contribution in [-0.4, -0.2) is 32.2 Å². The number of sulfone groups is 1. The van der Waals surface area contributed by atoms with Crippen LogP contribution in [0.5, 0.6) is 5.75 Å². The summed E-state index contributed by atoms with van der Waals surface area (Å²) in [4.78, 5) is 17.1. The number of methoxy groups -OCH3 is 1. The molecule has 0 atom stereocenters. The molecule has 154 valence electrons. The summed E-state index contributed by atoms with van der Waals surface area (Å²) >= 11 is 1.25. The van der Waals surface area contributed by atoms with Crippen LogP contribution in [0.1, 0.15) is 17.3 Å². The number of anilines is 1. The molecule has 2 heterocycles. The summed E-state index contributed by atoms with van der Waals surface area (Å²) in [5.74, 6) is 0.720. The molecule has 4 rings (SSSR count). The standard InChI is InChI=1S/C21H18N2O5S2/c1-3-30(25,26)15-8-4-7-14(10-15)20(24)23-21-22-16(12-29-21)18-11-13-6-5-9-17(27-2)19(13)28-18/h4-12H,3H2,1-2H3,(H,22,23,24). The zero-order chi connectivity index (χ0) is 21.3. The number of hydrogen-bond acceptors (Lipinski definition) is 7. The lowest BCUT2D eigenvalue weighted by atomic mass is 10.2. The van der Waals surface area contributed by atoms with Crippen LogP contribution in [0.15, 0.2) is 63.2 Å². The van der Waals surface area contributed by atoms with Gasteiger partial charge in [0, 0.05) is 16.3 Å². The van der Waals surface area contributed by atoms with Gasteiger partial charge in [0.1, 0.15) is 5.69 Å². The summed E-state index contributed by atoms with van der Waals surface area (Å²) in [5, 5.41) is 5.75. The Labute approximate surface area is 177 Å². The number of para-hydroxylation sites is 1. The highest BCUT2D eigenvalue weighted by Crippen LogP contribution is 2.34. The SMILES string of the molecule is CCS(=O)(=O)c1cccc(C(=O)Nc2nc(-c3cc4cccc(OC)c4o3)cs2)c1. The molecule has 2 aromatic carbocycles. The first-order valence-corrected chi connectivity index (χ1v) is 11.6. The van der Waals surface area contributed by atoms with Crippen molar-refractivity contribution in [2.45, 2.75) is 11.8 Å². The number of carbonyl (C=O) groups is 1. The number of nitrogens with zero attached hydrogens (tertiary/aromatic N) is 1. The first kappa shape index (κ1) is 20.1. The summed E-state index contributed by atoms with van der Waals surface area (Å²) in [6.45, 7) is 1.56. The van der Waals surface area contributed by atoms with Crippen molar-refractivity contribution in [2.75, 3.05) is 18.2 Å². The monoisotopic (exact) mass is 442 g/mol. The molecule has 1 N–H and O–H groups in total. The van der Waals surface area contributed by atoms with E-state index in [1.807, 2.05) is 24.3 Å². The van der Waals surface area contributed by atoms with Crippen molar-refractivity contribution in [2.24, 2.45) is 0 Å². The first-order valence-electron chi connectivity index (χ1n) is 9.08. The van der Waals surface area contributed by atoms with Crippen molar-refractivity contribution in [3.63, 3.8) is 0 Å². The van der Waals surface area contributed by atoms with Crippen molar-refractivity contribution >= 4 is 43.2 Å². The van der Waals surface area contributed by atoms with E-state index < -0.39 is 15.7 Å². The van der Waals surface area contributed by atoms with Gasteiger partial charge in [0.25, 0.3) is 5.91 Å². The van der Waals surface area contributed by atoms with Crippen LogP contribution >= 0.6 is 11.3 Å². The van der Waals surface area contributed by atoms with Gasteiger partial charge in [-0.3, -0.25) is 10.1 Å². The minimum Gasteiger partial charge on any atom is -0.493 e. The molecule has 0 radical (unpaired) electrons. The second-order valence-corrected chi connectivity index (χ2v) is 9.55. The molecule has 0 aliphatic carbocycles. The molecule has 0 fully saturated rings. The second kappa shape index (κ2) is 7.92. The average molecular weight is 443 g/mol. The summed E-state index contributed by atoms with van der Waals surface area (Å²) in [5.41, 5.74) is 1.45. The van der Waals surface area contributed by atoms with Gasteiger partial charge in [-0.15, -0.1) is 11.3 Å². The topological polar surface area (TPSA) is 98.5 Å². The number of aromatic nitrogens is 1. The van der Waals surface area contributed by atoms with Gasteiger partial charge >= 0.3 is 0 Å². The lowest BCUT2D eigenvalue weighted by Gasteiger charge is -2.05. The number of thiazole rings is 1. The summed E-state index contributed by atoms with van der Waals surface area (Å²) in [6.07, 6.45) is 0. The van der Waals surface area contributed by atoms with Crippen LogP contribution in [0.4, 0.5) is 5.13 Å². The molecule has 1 amide bonds. The third kappa shape index (κ3) is 3.81. The van der Waals surface area contributed by atoms with E-state index in [4.69, 9.17) is 9.15 Å². The minimum absolute atomic E-state index is 0.0315. The molecule has 0 unspecified atom stereocenters. The molecular formula is C21H18N2O5S2. The quantitative estimate of drug-likeness (QED) is 0.468. The van der Waals surface area contributed by atoms with Gasteiger partial charge in [-0.25, -0.2) is 13.4 Å². The Balaban J connectivity index is 1.57. The molecule has 4 aromatic rings. The van der Waals surface area contributed by atoms with Crippen LogP contribution in [0.25, 0.3) is 22.4 Å². The molecule has 2 aromatic heterocycles. The van der Waals surface area contributed by atoms with E-state index in [2.05, 4.69) is 10.3 Å². The Hall–Kier alpha value is -3.17. The van der Waals surface area contributed by atoms with Gasteiger partial charge in [-0.05, 0) is 30.3 Å². The van der Waals surface area contributed by atoms with Gasteiger partial charge in [-0.2, -0.15) is 0 Å². The maximum Gasteiger partial charge on any atom is 0.257 e. The Kier molecular flexibility index (Phi) is 5.31. The van der Waals surface area contributed by atoms with Crippen LogP contribution < -0.4 is 10.1 Å². The molecule has 30 heavy (non-hydrogen) atoms. The number of nitrogens with one attached hydrogen (secondary N) is 1. The van der Waals surface area contributed by atoms with Crippen molar-refractivity contribution in [3.05, 3.63) is 59.5 Å². The highest BCUT2D eigenvalue weighted by Gasteiger charge is 2.17. The Bertz CT molecular complexity index is 1340. The number of carbonyl (C=O) groups excluding carboxylic acids is 1. The molecule has 0 spiro atoms. The van der Waals surface area contributed by atoms with Crippen molar-refractivity contribution < 1.29 is 22.4 Å². The van der Waals surface area contributed by atoms with Crippen molar-refractivity contribution in [1.29, 1.82) is 0 Å². The van der Waals surface area contributed by atoms with Crippen molar-refractivity contribution in [3.8, 4) is 17.2 Å². The van der Waals surface area contributed by atoms with Gasteiger partial charge in [0.05, 0.1) is 17.8 Å². The van der Waals surface area contributed by atoms with Crippen molar-refractivity contribution in [1.82, 2.24) is 4.98 Å². The largest absolute Gasteiger partial charge is 0.493 e. The van der Waals surface area contributed by atoms with Gasteiger partial charge in [0.15, 0.2) is 32.1 Å². The lowest BCUT2D eigenvalue weighted by Crippen LogP contribution is -2.13. The molecule has 9 heteroatoms. The fourth-order valence-corrected chi connectivity index (χ4v) is 4.55. The number of benzene rings is 2. The van der Waals surface area contributed by atoms with E-state index >= 15 is 0 Å². The normalized spacial score (nSPS) is 11.5. The van der Waals surface area contributed by atoms with E-state index in [1.54, 1.807) is 31.5 Å². The Morgan fingerprint density at radius 2 is 2.00 bits per heavy atom. The van der Waals surface area contributed by atoms with Crippen LogP contribution in [-0.2, 0) is 9.84 Å². The first-order chi connectivity index (χ1) is 14.4.